The maximum Gasteiger partial charge on any atom is 0.261 e. The van der Waals surface area contributed by atoms with E-state index in [1.54, 1.807) is 12.4 Å². The number of carbonyl (C=O) groups is 1. The van der Waals surface area contributed by atoms with Gasteiger partial charge < -0.3 is 4.90 Å². The fourth-order valence-corrected chi connectivity index (χ4v) is 1.76. The van der Waals surface area contributed by atoms with Crippen LogP contribution >= 0.6 is 0 Å². The molecule has 1 amide bonds. The lowest BCUT2D eigenvalue weighted by Crippen LogP contribution is -2.46. The first-order chi connectivity index (χ1) is 6.86. The Hall–Kier alpha value is -1.91. The summed E-state index contributed by atoms with van der Waals surface area (Å²) in [6.45, 7) is 1.56. The van der Waals surface area contributed by atoms with Crippen molar-refractivity contribution >= 4 is 17.6 Å². The number of amides is 1. The maximum absolute atomic E-state index is 11.6. The summed E-state index contributed by atoms with van der Waals surface area (Å²) < 4.78 is 0. The topological polar surface area (TPSA) is 57.6 Å². The average Bonchev–Trinajstić information content (AvgIpc) is 2.66. The zero-order valence-corrected chi connectivity index (χ0v) is 7.40. The van der Waals surface area contributed by atoms with E-state index in [0.717, 1.165) is 18.8 Å². The highest BCUT2D eigenvalue weighted by Crippen LogP contribution is 2.24. The largest absolute Gasteiger partial charge is 0.310 e. The molecule has 0 aliphatic carbocycles. The molecule has 3 rings (SSSR count). The van der Waals surface area contributed by atoms with Gasteiger partial charge in [0, 0.05) is 18.9 Å². The highest BCUT2D eigenvalue weighted by atomic mass is 16.2. The van der Waals surface area contributed by atoms with E-state index in [0.29, 0.717) is 11.5 Å². The summed E-state index contributed by atoms with van der Waals surface area (Å²) in [7, 11) is 0. The maximum atomic E-state index is 11.6. The zero-order chi connectivity index (χ0) is 9.54. The number of rotatable bonds is 0. The number of guanidine groups is 1. The van der Waals surface area contributed by atoms with Crippen LogP contribution in [0, 0.1) is 0 Å². The molecule has 0 aromatic carbocycles. The van der Waals surface area contributed by atoms with Crippen LogP contribution in [0.1, 0.15) is 10.4 Å². The van der Waals surface area contributed by atoms with Gasteiger partial charge in [0.15, 0.2) is 0 Å². The van der Waals surface area contributed by atoms with Crippen LogP contribution in [0.2, 0.25) is 0 Å². The summed E-state index contributed by atoms with van der Waals surface area (Å²) in [5.74, 6) is 0.540. The van der Waals surface area contributed by atoms with Crippen molar-refractivity contribution in [2.45, 2.75) is 0 Å². The monoisotopic (exact) mass is 188 g/mol. The second-order valence-corrected chi connectivity index (χ2v) is 3.20. The lowest BCUT2D eigenvalue weighted by Gasteiger charge is -2.27. The summed E-state index contributed by atoms with van der Waals surface area (Å²) in [4.78, 5) is 21.7. The minimum Gasteiger partial charge on any atom is -0.310 e. The minimum atomic E-state index is -0.120. The lowest BCUT2D eigenvalue weighted by atomic mass is 10.1. The first-order valence-corrected chi connectivity index (χ1v) is 4.43. The molecule has 2 aliphatic rings. The van der Waals surface area contributed by atoms with Crippen LogP contribution < -0.4 is 10.2 Å². The number of hydrogen-bond donors (Lipinski definition) is 1. The van der Waals surface area contributed by atoms with Crippen molar-refractivity contribution < 1.29 is 4.79 Å². The SMILES string of the molecule is O=C1NC2=NCCN2c2ccncc21. The lowest BCUT2D eigenvalue weighted by molar-refractivity contribution is 0.0974. The number of aliphatic imine (C=N–C) groups is 1. The van der Waals surface area contributed by atoms with E-state index >= 15 is 0 Å². The Bertz CT molecular complexity index is 440. The molecule has 0 saturated carbocycles. The van der Waals surface area contributed by atoms with Crippen molar-refractivity contribution in [2.75, 3.05) is 18.0 Å². The van der Waals surface area contributed by atoms with Gasteiger partial charge in [0.05, 0.1) is 17.8 Å². The predicted octanol–water partition coefficient (Wildman–Crippen LogP) is 0.001000. The average molecular weight is 188 g/mol. The van der Waals surface area contributed by atoms with Gasteiger partial charge in [0.2, 0.25) is 5.96 Å². The quantitative estimate of drug-likeness (QED) is 0.623. The molecule has 70 valence electrons. The second-order valence-electron chi connectivity index (χ2n) is 3.20. The summed E-state index contributed by atoms with van der Waals surface area (Å²) in [5, 5.41) is 2.73. The molecule has 2 aliphatic heterocycles. The Labute approximate surface area is 80.5 Å². The summed E-state index contributed by atoms with van der Waals surface area (Å²) >= 11 is 0. The molecular formula is C9H8N4O. The number of anilines is 1. The van der Waals surface area contributed by atoms with Crippen LogP contribution in [-0.4, -0.2) is 29.9 Å². The Morgan fingerprint density at radius 2 is 2.43 bits per heavy atom. The van der Waals surface area contributed by atoms with E-state index in [1.807, 2.05) is 11.0 Å². The fraction of sp³-hybridized carbons (Fsp3) is 0.222. The Morgan fingerprint density at radius 3 is 3.36 bits per heavy atom. The second kappa shape index (κ2) is 2.54. The number of nitrogens with one attached hydrogen (secondary N) is 1. The number of pyridine rings is 1. The van der Waals surface area contributed by atoms with Crippen LogP contribution in [0.4, 0.5) is 5.69 Å². The van der Waals surface area contributed by atoms with Gasteiger partial charge in [0.1, 0.15) is 0 Å². The van der Waals surface area contributed by atoms with E-state index in [9.17, 15) is 4.79 Å². The number of nitrogens with zero attached hydrogens (tertiary/aromatic N) is 3. The molecule has 0 atom stereocenters. The molecule has 0 saturated heterocycles. The molecule has 0 radical (unpaired) electrons. The van der Waals surface area contributed by atoms with Crippen LogP contribution in [-0.2, 0) is 0 Å². The molecule has 1 aromatic rings. The first-order valence-electron chi connectivity index (χ1n) is 4.43. The normalized spacial score (nSPS) is 18.4. The molecule has 1 N–H and O–H groups in total. The molecule has 0 unspecified atom stereocenters. The standard InChI is InChI=1S/C9H8N4O/c14-8-6-5-10-2-1-7(6)13-4-3-11-9(13)12-8/h1-2,5H,3-4H2,(H,11,12,14). The molecule has 0 spiro atoms. The van der Waals surface area contributed by atoms with Crippen molar-refractivity contribution in [3.63, 3.8) is 0 Å². The molecule has 14 heavy (non-hydrogen) atoms. The summed E-state index contributed by atoms with van der Waals surface area (Å²) in [5.41, 5.74) is 1.52. The van der Waals surface area contributed by atoms with Gasteiger partial charge in [-0.25, -0.2) is 0 Å². The van der Waals surface area contributed by atoms with E-state index in [-0.39, 0.29) is 5.91 Å². The van der Waals surface area contributed by atoms with Gasteiger partial charge in [-0.05, 0) is 6.07 Å². The van der Waals surface area contributed by atoms with Gasteiger partial charge in [-0.1, -0.05) is 0 Å². The van der Waals surface area contributed by atoms with Crippen molar-refractivity contribution in [3.05, 3.63) is 24.0 Å². The number of hydrogen-bond acceptors (Lipinski definition) is 4. The summed E-state index contributed by atoms with van der Waals surface area (Å²) in [6, 6.07) is 1.84. The first kappa shape index (κ1) is 7.49. The minimum absolute atomic E-state index is 0.120. The Kier molecular flexibility index (Phi) is 1.36. The van der Waals surface area contributed by atoms with Crippen LogP contribution in [0.25, 0.3) is 0 Å². The molecule has 3 heterocycles. The van der Waals surface area contributed by atoms with Crippen LogP contribution in [0.5, 0.6) is 0 Å². The highest BCUT2D eigenvalue weighted by Gasteiger charge is 2.29. The van der Waals surface area contributed by atoms with E-state index in [2.05, 4.69) is 15.3 Å². The Balaban J connectivity index is 2.20. The third-order valence-corrected chi connectivity index (χ3v) is 2.40. The predicted molar refractivity (Wildman–Crippen MR) is 51.4 cm³/mol. The third kappa shape index (κ3) is 0.863. The van der Waals surface area contributed by atoms with Crippen molar-refractivity contribution in [1.29, 1.82) is 0 Å². The van der Waals surface area contributed by atoms with Crippen LogP contribution in [0.3, 0.4) is 0 Å². The van der Waals surface area contributed by atoms with Crippen LogP contribution in [0.15, 0.2) is 23.5 Å². The van der Waals surface area contributed by atoms with Gasteiger partial charge in [-0.15, -0.1) is 0 Å². The molecule has 0 bridgehead atoms. The van der Waals surface area contributed by atoms with Crippen molar-refractivity contribution in [1.82, 2.24) is 10.3 Å². The van der Waals surface area contributed by atoms with E-state index < -0.39 is 0 Å². The highest BCUT2D eigenvalue weighted by molar-refractivity contribution is 6.19. The molecule has 5 heteroatoms. The Morgan fingerprint density at radius 1 is 1.50 bits per heavy atom. The molecule has 5 nitrogen and oxygen atoms in total. The van der Waals surface area contributed by atoms with Crippen molar-refractivity contribution in [2.24, 2.45) is 4.99 Å². The number of aromatic nitrogens is 1. The molecular weight excluding hydrogens is 180 g/mol. The zero-order valence-electron chi connectivity index (χ0n) is 7.40. The van der Waals surface area contributed by atoms with Gasteiger partial charge in [-0.3, -0.25) is 20.1 Å². The fourth-order valence-electron chi connectivity index (χ4n) is 1.76. The van der Waals surface area contributed by atoms with E-state index in [4.69, 9.17) is 0 Å². The third-order valence-electron chi connectivity index (χ3n) is 2.40. The number of carbonyl (C=O) groups excluding carboxylic acids is 1. The molecule has 0 fully saturated rings. The number of fused-ring (bicyclic) bond motifs is 3. The van der Waals surface area contributed by atoms with Gasteiger partial charge in [0.25, 0.3) is 5.91 Å². The summed E-state index contributed by atoms with van der Waals surface area (Å²) in [6.07, 6.45) is 3.27. The smallest absolute Gasteiger partial charge is 0.261 e. The van der Waals surface area contributed by atoms with E-state index in [1.165, 1.54) is 0 Å². The van der Waals surface area contributed by atoms with Crippen molar-refractivity contribution in [3.8, 4) is 0 Å². The van der Waals surface area contributed by atoms with Gasteiger partial charge >= 0.3 is 0 Å². The van der Waals surface area contributed by atoms with Gasteiger partial charge in [-0.2, -0.15) is 0 Å². The molecule has 1 aromatic heterocycles.